The molecule has 1 aromatic heterocycles. The Kier molecular flexibility index (Phi) is 4.83. The molecule has 1 heterocycles. The molecule has 0 bridgehead atoms. The van der Waals surface area contributed by atoms with Gasteiger partial charge in [0, 0.05) is 5.39 Å². The van der Waals surface area contributed by atoms with Crippen LogP contribution in [0.15, 0.2) is 24.3 Å². The molecule has 0 aliphatic carbocycles. The van der Waals surface area contributed by atoms with Gasteiger partial charge in [-0.25, -0.2) is 4.79 Å². The lowest BCUT2D eigenvalue weighted by Gasteiger charge is -2.20. The number of nitrogens with zero attached hydrogens (tertiary/aromatic N) is 3. The van der Waals surface area contributed by atoms with Crippen LogP contribution < -0.4 is 0 Å². The van der Waals surface area contributed by atoms with Crippen molar-refractivity contribution in [2.75, 3.05) is 0 Å². The number of aromatic nitrogens is 2. The number of nitriles is 1. The Morgan fingerprint density at radius 2 is 1.92 bits per heavy atom. The maximum Gasteiger partial charge on any atom is 0.435 e. The van der Waals surface area contributed by atoms with Crippen LogP contribution in [0.3, 0.4) is 0 Å². The summed E-state index contributed by atoms with van der Waals surface area (Å²) in [7, 11) is -1.96. The van der Waals surface area contributed by atoms with Crippen molar-refractivity contribution < 1.29 is 14.0 Å². The number of carbonyl (C=O) groups excluding carboxylic acids is 1. The summed E-state index contributed by atoms with van der Waals surface area (Å²) < 4.78 is 12.5. The Morgan fingerprint density at radius 3 is 2.46 bits per heavy atom. The number of hydrogen-bond donors (Lipinski definition) is 0. The van der Waals surface area contributed by atoms with Crippen molar-refractivity contribution in [1.82, 2.24) is 9.78 Å². The van der Waals surface area contributed by atoms with Crippen LogP contribution in [0.4, 0.5) is 4.79 Å². The zero-order valence-electron chi connectivity index (χ0n) is 15.0. The minimum absolute atomic E-state index is 0.446. The number of fused-ring (bicyclic) bond motifs is 1. The van der Waals surface area contributed by atoms with Crippen LogP contribution in [0.5, 0.6) is 0 Å². The van der Waals surface area contributed by atoms with Crippen molar-refractivity contribution in [3.63, 3.8) is 0 Å². The number of para-hydroxylation sites is 1. The van der Waals surface area contributed by atoms with Gasteiger partial charge in [-0.2, -0.15) is 15.0 Å². The van der Waals surface area contributed by atoms with Crippen molar-refractivity contribution in [2.24, 2.45) is 0 Å². The highest BCUT2D eigenvalue weighted by atomic mass is 28.4. The van der Waals surface area contributed by atoms with Gasteiger partial charge in [0.1, 0.15) is 11.3 Å². The highest BCUT2D eigenvalue weighted by molar-refractivity contribution is 6.69. The van der Waals surface area contributed by atoms with Crippen LogP contribution in [-0.2, 0) is 9.16 Å². The van der Waals surface area contributed by atoms with E-state index in [1.54, 1.807) is 26.8 Å². The average molecular weight is 345 g/mol. The van der Waals surface area contributed by atoms with Gasteiger partial charge in [0.05, 0.1) is 11.6 Å². The number of ether oxygens (including phenoxy) is 1. The lowest BCUT2D eigenvalue weighted by molar-refractivity contribution is 0.0521. The lowest BCUT2D eigenvalue weighted by Crippen LogP contribution is -2.29. The second-order valence-electron chi connectivity index (χ2n) is 7.53. The third-order valence-corrected chi connectivity index (χ3v) is 3.96. The van der Waals surface area contributed by atoms with Crippen LogP contribution in [0.1, 0.15) is 32.6 Å². The molecule has 128 valence electrons. The summed E-state index contributed by atoms with van der Waals surface area (Å²) in [4.78, 5) is 12.4. The van der Waals surface area contributed by atoms with E-state index in [4.69, 9.17) is 9.16 Å². The molecule has 2 rings (SSSR count). The smallest absolute Gasteiger partial charge is 0.435 e. The van der Waals surface area contributed by atoms with E-state index in [1.165, 1.54) is 4.68 Å². The molecule has 0 spiro atoms. The Balaban J connectivity index is 2.53. The minimum Gasteiger partial charge on any atom is -0.442 e. The molecule has 6 nitrogen and oxygen atoms in total. The van der Waals surface area contributed by atoms with E-state index in [2.05, 4.69) is 11.2 Å². The van der Waals surface area contributed by atoms with Crippen LogP contribution in [-0.4, -0.2) is 29.8 Å². The van der Waals surface area contributed by atoms with Crippen LogP contribution in [0.25, 0.3) is 10.9 Å². The zero-order chi connectivity index (χ0) is 18.1. The molecule has 0 aliphatic heterocycles. The number of benzene rings is 1. The quantitative estimate of drug-likeness (QED) is 0.778. The normalized spacial score (nSPS) is 13.5. The third-order valence-electron chi connectivity index (χ3n) is 3.02. The molecular weight excluding hydrogens is 322 g/mol. The standard InChI is InChI=1S/C17H23N3O3Si/c1-17(2,3)22-16(21)20-13-10-8-7-9-12(13)15(19-20)14(11-18)23-24(4,5)6/h7-10,14H,1-6H3. The van der Waals surface area contributed by atoms with Gasteiger partial charge in [-0.3, -0.25) is 0 Å². The predicted molar refractivity (Wildman–Crippen MR) is 94.2 cm³/mol. The highest BCUT2D eigenvalue weighted by Crippen LogP contribution is 2.28. The van der Waals surface area contributed by atoms with E-state index in [0.29, 0.717) is 16.6 Å². The van der Waals surface area contributed by atoms with E-state index in [-0.39, 0.29) is 0 Å². The lowest BCUT2D eigenvalue weighted by atomic mass is 10.1. The molecular formula is C17H23N3O3Si. The molecule has 0 N–H and O–H groups in total. The fraction of sp³-hybridized carbons (Fsp3) is 0.471. The van der Waals surface area contributed by atoms with Gasteiger partial charge >= 0.3 is 6.09 Å². The number of rotatable bonds is 3. The predicted octanol–water partition coefficient (Wildman–Crippen LogP) is 4.24. The second-order valence-corrected chi connectivity index (χ2v) is 12.0. The second kappa shape index (κ2) is 6.38. The molecule has 0 amide bonds. The maximum atomic E-state index is 12.4. The molecule has 1 unspecified atom stereocenters. The summed E-state index contributed by atoms with van der Waals surface area (Å²) >= 11 is 0. The first-order chi connectivity index (χ1) is 11.0. The Bertz CT molecular complexity index is 794. The van der Waals surface area contributed by atoms with Crippen LogP contribution >= 0.6 is 0 Å². The summed E-state index contributed by atoms with van der Waals surface area (Å²) in [6.45, 7) is 11.4. The number of hydrogen-bond acceptors (Lipinski definition) is 5. The van der Waals surface area contributed by atoms with Gasteiger partial charge in [0.15, 0.2) is 14.4 Å². The first-order valence-electron chi connectivity index (χ1n) is 7.80. The Morgan fingerprint density at radius 1 is 1.29 bits per heavy atom. The minimum atomic E-state index is -1.96. The van der Waals surface area contributed by atoms with Gasteiger partial charge in [0.2, 0.25) is 0 Å². The molecule has 0 saturated heterocycles. The van der Waals surface area contributed by atoms with Crippen molar-refractivity contribution in [1.29, 1.82) is 5.26 Å². The maximum absolute atomic E-state index is 12.4. The number of carbonyl (C=O) groups is 1. The van der Waals surface area contributed by atoms with E-state index in [0.717, 1.165) is 0 Å². The molecule has 0 radical (unpaired) electrons. The molecule has 7 heteroatoms. The summed E-state index contributed by atoms with van der Waals surface area (Å²) in [5.74, 6) is 0. The van der Waals surface area contributed by atoms with E-state index in [9.17, 15) is 10.1 Å². The first-order valence-corrected chi connectivity index (χ1v) is 11.2. The average Bonchev–Trinajstić information content (AvgIpc) is 2.81. The highest BCUT2D eigenvalue weighted by Gasteiger charge is 2.28. The molecule has 24 heavy (non-hydrogen) atoms. The third kappa shape index (κ3) is 4.22. The van der Waals surface area contributed by atoms with Crippen LogP contribution in [0.2, 0.25) is 19.6 Å². The van der Waals surface area contributed by atoms with Gasteiger partial charge < -0.3 is 9.16 Å². The zero-order valence-corrected chi connectivity index (χ0v) is 16.0. The van der Waals surface area contributed by atoms with Gasteiger partial charge in [0.25, 0.3) is 0 Å². The summed E-state index contributed by atoms with van der Waals surface area (Å²) in [5.41, 5.74) is 0.413. The SMILES string of the molecule is CC(C)(C)OC(=O)n1nc(C(C#N)O[Si](C)(C)C)c2ccccc21. The summed E-state index contributed by atoms with van der Waals surface area (Å²) in [6, 6.07) is 9.42. The van der Waals surface area contributed by atoms with Gasteiger partial charge in [-0.15, -0.1) is 0 Å². The van der Waals surface area contributed by atoms with E-state index < -0.39 is 26.1 Å². The van der Waals surface area contributed by atoms with Crippen LogP contribution in [0, 0.1) is 11.3 Å². The van der Waals surface area contributed by atoms with E-state index in [1.807, 2.05) is 37.8 Å². The van der Waals surface area contributed by atoms with Crippen molar-refractivity contribution in [3.8, 4) is 6.07 Å². The van der Waals surface area contributed by atoms with Gasteiger partial charge in [-0.1, -0.05) is 18.2 Å². The first kappa shape index (κ1) is 18.2. The topological polar surface area (TPSA) is 77.1 Å². The summed E-state index contributed by atoms with van der Waals surface area (Å²) in [6.07, 6.45) is -1.39. The Hall–Kier alpha value is -2.17. The molecule has 0 fully saturated rings. The fourth-order valence-electron chi connectivity index (χ4n) is 2.23. The fourth-order valence-corrected chi connectivity index (χ4v) is 3.10. The molecule has 1 atom stereocenters. The molecule has 2 aromatic rings. The largest absolute Gasteiger partial charge is 0.442 e. The Labute approximate surface area is 143 Å². The van der Waals surface area contributed by atoms with Crippen molar-refractivity contribution in [3.05, 3.63) is 30.0 Å². The van der Waals surface area contributed by atoms with Gasteiger partial charge in [-0.05, 0) is 46.5 Å². The van der Waals surface area contributed by atoms with E-state index >= 15 is 0 Å². The summed E-state index contributed by atoms with van der Waals surface area (Å²) in [5, 5.41) is 14.6. The molecule has 1 aromatic carbocycles. The van der Waals surface area contributed by atoms with Crippen molar-refractivity contribution in [2.45, 2.75) is 52.1 Å². The van der Waals surface area contributed by atoms with Crippen molar-refractivity contribution >= 4 is 25.3 Å². The molecule has 0 saturated carbocycles. The molecule has 0 aliphatic rings. The monoisotopic (exact) mass is 345 g/mol.